The summed E-state index contributed by atoms with van der Waals surface area (Å²) in [5.41, 5.74) is 1.75. The Hall–Kier alpha value is -1.53. The predicted molar refractivity (Wildman–Crippen MR) is 82.1 cm³/mol. The summed E-state index contributed by atoms with van der Waals surface area (Å²) in [4.78, 5) is 3.96. The van der Waals surface area contributed by atoms with Crippen LogP contribution in [0.25, 0.3) is 0 Å². The highest BCUT2D eigenvalue weighted by Crippen LogP contribution is 2.34. The Labute approximate surface area is 129 Å². The van der Waals surface area contributed by atoms with E-state index in [0.29, 0.717) is 6.54 Å². The van der Waals surface area contributed by atoms with Crippen LogP contribution in [0.1, 0.15) is 12.5 Å². The van der Waals surface area contributed by atoms with E-state index >= 15 is 0 Å². The SMILES string of the molecule is CC1Cc2ccccc2N(S(=O)(=O)c2ncn(C)c2Cl)C1. The highest BCUT2D eigenvalue weighted by molar-refractivity contribution is 7.92. The molecule has 21 heavy (non-hydrogen) atoms. The van der Waals surface area contributed by atoms with Crippen LogP contribution in [-0.2, 0) is 23.5 Å². The van der Waals surface area contributed by atoms with Crippen LogP contribution >= 0.6 is 11.6 Å². The Morgan fingerprint density at radius 2 is 2.05 bits per heavy atom. The van der Waals surface area contributed by atoms with Gasteiger partial charge in [0.2, 0.25) is 5.03 Å². The summed E-state index contributed by atoms with van der Waals surface area (Å²) in [6, 6.07) is 7.57. The fourth-order valence-corrected chi connectivity index (χ4v) is 4.67. The van der Waals surface area contributed by atoms with E-state index in [9.17, 15) is 8.42 Å². The number of rotatable bonds is 2. The molecule has 1 aliphatic rings. The van der Waals surface area contributed by atoms with Crippen molar-refractivity contribution < 1.29 is 8.42 Å². The number of anilines is 1. The first-order valence-corrected chi connectivity index (χ1v) is 8.50. The fourth-order valence-electron chi connectivity index (χ4n) is 2.65. The van der Waals surface area contributed by atoms with Crippen LogP contribution in [-0.4, -0.2) is 24.5 Å². The third kappa shape index (κ3) is 2.32. The summed E-state index contributed by atoms with van der Waals surface area (Å²) < 4.78 is 28.7. The van der Waals surface area contributed by atoms with Gasteiger partial charge in [0.05, 0.1) is 12.0 Å². The lowest BCUT2D eigenvalue weighted by atomic mass is 9.96. The predicted octanol–water partition coefficient (Wildman–Crippen LogP) is 2.46. The summed E-state index contributed by atoms with van der Waals surface area (Å²) in [5.74, 6) is 0.247. The second-order valence-corrected chi connectivity index (χ2v) is 7.56. The molecule has 2 aromatic rings. The maximum Gasteiger partial charge on any atom is 0.284 e. The molecule has 0 bridgehead atoms. The maximum absolute atomic E-state index is 12.9. The molecule has 0 radical (unpaired) electrons. The Morgan fingerprint density at radius 1 is 1.33 bits per heavy atom. The van der Waals surface area contributed by atoms with E-state index in [0.717, 1.165) is 17.7 Å². The van der Waals surface area contributed by atoms with Crippen LogP contribution in [0.3, 0.4) is 0 Å². The summed E-state index contributed by atoms with van der Waals surface area (Å²) in [7, 11) is -2.08. The molecule has 1 aromatic heterocycles. The Morgan fingerprint density at radius 3 is 2.71 bits per heavy atom. The lowest BCUT2D eigenvalue weighted by Gasteiger charge is -2.33. The van der Waals surface area contributed by atoms with Crippen molar-refractivity contribution in [1.82, 2.24) is 9.55 Å². The van der Waals surface area contributed by atoms with Crippen molar-refractivity contribution >= 4 is 27.3 Å². The molecule has 0 saturated carbocycles. The van der Waals surface area contributed by atoms with Crippen molar-refractivity contribution in [3.05, 3.63) is 41.3 Å². The molecule has 1 unspecified atom stereocenters. The van der Waals surface area contributed by atoms with Gasteiger partial charge in [-0.05, 0) is 24.0 Å². The molecule has 0 spiro atoms. The number of aryl methyl sites for hydroxylation is 1. The Balaban J connectivity index is 2.14. The van der Waals surface area contributed by atoms with E-state index in [2.05, 4.69) is 4.98 Å². The number of imidazole rings is 1. The highest BCUT2D eigenvalue weighted by atomic mass is 35.5. The molecule has 5 nitrogen and oxygen atoms in total. The Kier molecular flexibility index (Phi) is 3.45. The van der Waals surface area contributed by atoms with E-state index in [1.54, 1.807) is 7.05 Å². The van der Waals surface area contributed by atoms with Crippen molar-refractivity contribution in [2.24, 2.45) is 13.0 Å². The van der Waals surface area contributed by atoms with Crippen molar-refractivity contribution in [3.63, 3.8) is 0 Å². The smallest absolute Gasteiger partial charge is 0.284 e. The molecule has 0 N–H and O–H groups in total. The van der Waals surface area contributed by atoms with Gasteiger partial charge in [-0.2, -0.15) is 8.42 Å². The van der Waals surface area contributed by atoms with Crippen molar-refractivity contribution in [2.45, 2.75) is 18.4 Å². The summed E-state index contributed by atoms with van der Waals surface area (Å²) in [6.45, 7) is 2.48. The van der Waals surface area contributed by atoms with Gasteiger partial charge in [0.25, 0.3) is 10.0 Å². The first kappa shape index (κ1) is 14.4. The standard InChI is InChI=1S/C14H16ClN3O2S/c1-10-7-11-5-3-4-6-12(11)18(8-10)21(19,20)14-13(15)17(2)9-16-14/h3-6,9-10H,7-8H2,1-2H3. The maximum atomic E-state index is 12.9. The highest BCUT2D eigenvalue weighted by Gasteiger charge is 2.34. The Bertz CT molecular complexity index is 785. The molecule has 0 fully saturated rings. The number of benzene rings is 1. The zero-order chi connectivity index (χ0) is 15.2. The minimum absolute atomic E-state index is 0.0874. The molecule has 7 heteroatoms. The van der Waals surface area contributed by atoms with E-state index < -0.39 is 10.0 Å². The molecule has 1 aliphatic heterocycles. The number of aromatic nitrogens is 2. The van der Waals surface area contributed by atoms with Gasteiger partial charge in [-0.25, -0.2) is 4.98 Å². The van der Waals surface area contributed by atoms with Crippen LogP contribution < -0.4 is 4.31 Å². The topological polar surface area (TPSA) is 55.2 Å². The molecule has 0 aliphatic carbocycles. The summed E-state index contributed by atoms with van der Waals surface area (Å²) >= 11 is 6.07. The first-order chi connectivity index (χ1) is 9.91. The second kappa shape index (κ2) is 5.03. The minimum Gasteiger partial charge on any atom is -0.324 e. The number of fused-ring (bicyclic) bond motifs is 1. The van der Waals surface area contributed by atoms with Crippen molar-refractivity contribution in [3.8, 4) is 0 Å². The molecule has 0 amide bonds. The molecular weight excluding hydrogens is 310 g/mol. The minimum atomic E-state index is -3.75. The number of nitrogens with zero attached hydrogens (tertiary/aromatic N) is 3. The average Bonchev–Trinajstić information content (AvgIpc) is 2.78. The van der Waals surface area contributed by atoms with Crippen molar-refractivity contribution in [2.75, 3.05) is 10.8 Å². The van der Waals surface area contributed by atoms with Gasteiger partial charge in [-0.3, -0.25) is 4.31 Å². The lowest BCUT2D eigenvalue weighted by molar-refractivity contribution is 0.543. The molecule has 2 heterocycles. The van der Waals surface area contributed by atoms with Gasteiger partial charge in [0, 0.05) is 13.6 Å². The first-order valence-electron chi connectivity index (χ1n) is 6.68. The quantitative estimate of drug-likeness (QED) is 0.852. The van der Waals surface area contributed by atoms with E-state index in [1.165, 1.54) is 15.2 Å². The summed E-state index contributed by atoms with van der Waals surface area (Å²) in [6.07, 6.45) is 2.28. The largest absolute Gasteiger partial charge is 0.324 e. The normalized spacial score (nSPS) is 18.6. The number of hydrogen-bond acceptors (Lipinski definition) is 3. The zero-order valence-corrected chi connectivity index (χ0v) is 13.4. The van der Waals surface area contributed by atoms with E-state index in [4.69, 9.17) is 11.6 Å². The second-order valence-electron chi connectivity index (χ2n) is 5.43. The zero-order valence-electron chi connectivity index (χ0n) is 11.8. The van der Waals surface area contributed by atoms with Crippen LogP contribution in [0, 0.1) is 5.92 Å². The lowest BCUT2D eigenvalue weighted by Crippen LogP contribution is -2.39. The number of hydrogen-bond donors (Lipinski definition) is 0. The molecule has 1 aromatic carbocycles. The van der Waals surface area contributed by atoms with Gasteiger partial charge in [-0.1, -0.05) is 36.7 Å². The van der Waals surface area contributed by atoms with Crippen molar-refractivity contribution in [1.29, 1.82) is 0 Å². The van der Waals surface area contributed by atoms with Crippen LogP contribution in [0.4, 0.5) is 5.69 Å². The van der Waals surface area contributed by atoms with Crippen LogP contribution in [0.15, 0.2) is 35.6 Å². The van der Waals surface area contributed by atoms with Gasteiger partial charge in [-0.15, -0.1) is 0 Å². The molecular formula is C14H16ClN3O2S. The molecule has 3 rings (SSSR count). The fraction of sp³-hybridized carbons (Fsp3) is 0.357. The number of halogens is 1. The van der Waals surface area contributed by atoms with E-state index in [1.807, 2.05) is 31.2 Å². The van der Waals surface area contributed by atoms with Gasteiger partial charge >= 0.3 is 0 Å². The van der Waals surface area contributed by atoms with Crippen LogP contribution in [0.5, 0.6) is 0 Å². The third-order valence-electron chi connectivity index (χ3n) is 3.67. The molecule has 112 valence electrons. The summed E-state index contributed by atoms with van der Waals surface area (Å²) in [5, 5.41) is 0.0428. The van der Waals surface area contributed by atoms with Crippen LogP contribution in [0.2, 0.25) is 5.15 Å². The average molecular weight is 326 g/mol. The monoisotopic (exact) mass is 325 g/mol. The van der Waals surface area contributed by atoms with Gasteiger partial charge in [0.1, 0.15) is 5.15 Å². The van der Waals surface area contributed by atoms with Gasteiger partial charge < -0.3 is 4.57 Å². The van der Waals surface area contributed by atoms with E-state index in [-0.39, 0.29) is 16.1 Å². The molecule has 0 saturated heterocycles. The third-order valence-corrected chi connectivity index (χ3v) is 5.95. The molecule has 1 atom stereocenters. The number of para-hydroxylation sites is 1. The number of sulfonamides is 1. The van der Waals surface area contributed by atoms with Gasteiger partial charge in [0.15, 0.2) is 0 Å².